The van der Waals surface area contributed by atoms with Crippen LogP contribution in [0.5, 0.6) is 0 Å². The Kier molecular flexibility index (Phi) is 18.8. The molecule has 0 radical (unpaired) electrons. The van der Waals surface area contributed by atoms with Crippen LogP contribution in [-0.4, -0.2) is 31.2 Å². The van der Waals surface area contributed by atoms with Crippen LogP contribution in [0.3, 0.4) is 0 Å². The molecule has 22 heavy (non-hydrogen) atoms. The largest absolute Gasteiger partial charge is 0.381 e. The Bertz CT molecular complexity index is 197. The maximum absolute atomic E-state index is 9.69. The number of aliphatic hydroxyl groups is 1. The molecule has 0 rings (SSSR count). The van der Waals surface area contributed by atoms with Crippen molar-refractivity contribution in [2.24, 2.45) is 0 Å². The number of hydrogen-bond donors (Lipinski definition) is 1. The lowest BCUT2D eigenvalue weighted by Crippen LogP contribution is -2.15. The molecule has 0 unspecified atom stereocenters. The minimum absolute atomic E-state index is 0.588. The second kappa shape index (κ2) is 18.9. The van der Waals surface area contributed by atoms with E-state index in [1.54, 1.807) is 0 Å². The van der Waals surface area contributed by atoms with E-state index in [4.69, 9.17) is 9.47 Å². The van der Waals surface area contributed by atoms with Crippen LogP contribution in [0.25, 0.3) is 0 Å². The van der Waals surface area contributed by atoms with Crippen molar-refractivity contribution in [3.8, 4) is 0 Å². The smallest absolute Gasteiger partial charge is 0.156 e. The van der Waals surface area contributed by atoms with E-state index in [2.05, 4.69) is 13.8 Å². The molecular formula is C19H40O3. The molecular weight excluding hydrogens is 276 g/mol. The van der Waals surface area contributed by atoms with Gasteiger partial charge in [0.05, 0.1) is 6.61 Å². The number of ether oxygens (including phenoxy) is 2. The van der Waals surface area contributed by atoms with Gasteiger partial charge in [-0.25, -0.2) is 0 Å². The fourth-order valence-corrected chi connectivity index (χ4v) is 2.46. The van der Waals surface area contributed by atoms with Crippen LogP contribution < -0.4 is 0 Å². The third kappa shape index (κ3) is 17.9. The van der Waals surface area contributed by atoms with Crippen molar-refractivity contribution >= 4 is 0 Å². The molecule has 0 saturated carbocycles. The summed E-state index contributed by atoms with van der Waals surface area (Å²) in [5.41, 5.74) is 0. The summed E-state index contributed by atoms with van der Waals surface area (Å²) in [5.74, 6) is 0. The van der Waals surface area contributed by atoms with Crippen molar-refractivity contribution in [2.75, 3.05) is 19.8 Å². The minimum Gasteiger partial charge on any atom is -0.381 e. The van der Waals surface area contributed by atoms with Crippen LogP contribution in [0.2, 0.25) is 0 Å². The van der Waals surface area contributed by atoms with E-state index >= 15 is 0 Å². The molecule has 3 heteroatoms. The molecule has 0 fully saturated rings. The monoisotopic (exact) mass is 316 g/mol. The fourth-order valence-electron chi connectivity index (χ4n) is 2.46. The molecule has 1 atom stereocenters. The summed E-state index contributed by atoms with van der Waals surface area (Å²) in [7, 11) is 0. The van der Waals surface area contributed by atoms with Gasteiger partial charge in [0.1, 0.15) is 0 Å². The maximum atomic E-state index is 9.69. The first-order valence-corrected chi connectivity index (χ1v) is 9.68. The first-order chi connectivity index (χ1) is 10.8. The first kappa shape index (κ1) is 21.9. The highest BCUT2D eigenvalue weighted by Crippen LogP contribution is 2.09. The highest BCUT2D eigenvalue weighted by Gasteiger charge is 2.03. The van der Waals surface area contributed by atoms with E-state index < -0.39 is 6.29 Å². The van der Waals surface area contributed by atoms with E-state index in [0.29, 0.717) is 19.6 Å². The van der Waals surface area contributed by atoms with Crippen LogP contribution in [0.15, 0.2) is 0 Å². The topological polar surface area (TPSA) is 38.7 Å². The zero-order chi connectivity index (χ0) is 16.3. The van der Waals surface area contributed by atoms with Gasteiger partial charge in [0.15, 0.2) is 6.29 Å². The molecule has 0 aliphatic carbocycles. The number of hydrogen-bond acceptors (Lipinski definition) is 3. The second-order valence-corrected chi connectivity index (χ2v) is 6.26. The Hall–Kier alpha value is -0.120. The van der Waals surface area contributed by atoms with Gasteiger partial charge in [-0.15, -0.1) is 0 Å². The summed E-state index contributed by atoms with van der Waals surface area (Å²) < 4.78 is 10.9. The van der Waals surface area contributed by atoms with Crippen molar-refractivity contribution in [1.29, 1.82) is 0 Å². The molecule has 1 N–H and O–H groups in total. The molecule has 134 valence electrons. The average Bonchev–Trinajstić information content (AvgIpc) is 2.52. The number of unbranched alkanes of at least 4 members (excludes halogenated alkanes) is 10. The Morgan fingerprint density at radius 1 is 0.636 bits per heavy atom. The molecule has 0 bridgehead atoms. The Morgan fingerprint density at radius 3 is 1.77 bits per heavy atom. The second-order valence-electron chi connectivity index (χ2n) is 6.26. The molecule has 3 nitrogen and oxygen atoms in total. The van der Waals surface area contributed by atoms with Crippen LogP contribution in [0, 0.1) is 0 Å². The highest BCUT2D eigenvalue weighted by molar-refractivity contribution is 4.47. The average molecular weight is 317 g/mol. The van der Waals surface area contributed by atoms with Gasteiger partial charge in [-0.05, 0) is 12.8 Å². The lowest BCUT2D eigenvalue weighted by Gasteiger charge is -2.12. The standard InChI is InChI=1S/C19H40O3/c1-3-5-7-9-10-11-12-14-17-22-19(20)15-18-21-16-13-8-6-4-2/h19-20H,3-18H2,1-2H3/t19-/m0/s1. The van der Waals surface area contributed by atoms with Gasteiger partial charge in [0.2, 0.25) is 0 Å². The molecule has 0 aromatic carbocycles. The number of aliphatic hydroxyl groups excluding tert-OH is 1. The third-order valence-corrected chi connectivity index (χ3v) is 3.96. The summed E-state index contributed by atoms with van der Waals surface area (Å²) in [4.78, 5) is 0. The Balaban J connectivity index is 3.11. The van der Waals surface area contributed by atoms with Crippen molar-refractivity contribution in [3.63, 3.8) is 0 Å². The molecule has 0 spiro atoms. The normalized spacial score (nSPS) is 12.7. The van der Waals surface area contributed by atoms with Gasteiger partial charge in [-0.3, -0.25) is 0 Å². The molecule has 0 aliphatic heterocycles. The summed E-state index contributed by atoms with van der Waals surface area (Å²) in [5, 5.41) is 9.69. The van der Waals surface area contributed by atoms with Crippen LogP contribution in [0.4, 0.5) is 0 Å². The van der Waals surface area contributed by atoms with Crippen molar-refractivity contribution in [3.05, 3.63) is 0 Å². The van der Waals surface area contributed by atoms with E-state index in [1.165, 1.54) is 64.2 Å². The van der Waals surface area contributed by atoms with Crippen molar-refractivity contribution in [1.82, 2.24) is 0 Å². The predicted molar refractivity (Wildman–Crippen MR) is 94.1 cm³/mol. The molecule has 0 heterocycles. The van der Waals surface area contributed by atoms with E-state index in [9.17, 15) is 5.11 Å². The SMILES string of the molecule is CCCCCCCCCCO[C@H](O)CCOCCCCCC. The summed E-state index contributed by atoms with van der Waals surface area (Å²) in [6, 6.07) is 0. The summed E-state index contributed by atoms with van der Waals surface area (Å²) in [6.07, 6.45) is 15.2. The molecule has 0 aliphatic rings. The van der Waals surface area contributed by atoms with E-state index in [1.807, 2.05) is 0 Å². The zero-order valence-electron chi connectivity index (χ0n) is 15.2. The van der Waals surface area contributed by atoms with Crippen molar-refractivity contribution < 1.29 is 14.6 Å². The predicted octanol–water partition coefficient (Wildman–Crippen LogP) is 5.45. The van der Waals surface area contributed by atoms with Gasteiger partial charge in [-0.2, -0.15) is 0 Å². The lowest BCUT2D eigenvalue weighted by molar-refractivity contribution is -0.113. The van der Waals surface area contributed by atoms with Gasteiger partial charge in [0.25, 0.3) is 0 Å². The summed E-state index contributed by atoms with van der Waals surface area (Å²) in [6.45, 7) is 6.54. The third-order valence-electron chi connectivity index (χ3n) is 3.96. The van der Waals surface area contributed by atoms with Gasteiger partial charge < -0.3 is 14.6 Å². The quantitative estimate of drug-likeness (QED) is 0.270. The first-order valence-electron chi connectivity index (χ1n) is 9.68. The van der Waals surface area contributed by atoms with Crippen LogP contribution in [0.1, 0.15) is 97.3 Å². The summed E-state index contributed by atoms with van der Waals surface area (Å²) >= 11 is 0. The van der Waals surface area contributed by atoms with E-state index in [-0.39, 0.29) is 0 Å². The molecule has 0 amide bonds. The minimum atomic E-state index is -0.653. The molecule has 0 aromatic heterocycles. The van der Waals surface area contributed by atoms with Crippen LogP contribution in [-0.2, 0) is 9.47 Å². The lowest BCUT2D eigenvalue weighted by atomic mass is 10.1. The fraction of sp³-hybridized carbons (Fsp3) is 1.00. The highest BCUT2D eigenvalue weighted by atomic mass is 16.6. The Morgan fingerprint density at radius 2 is 1.14 bits per heavy atom. The van der Waals surface area contributed by atoms with Gasteiger partial charge in [0, 0.05) is 19.6 Å². The van der Waals surface area contributed by atoms with E-state index in [0.717, 1.165) is 19.4 Å². The Labute approximate surface area is 138 Å². The van der Waals surface area contributed by atoms with Gasteiger partial charge in [-0.1, -0.05) is 78.1 Å². The van der Waals surface area contributed by atoms with Crippen LogP contribution >= 0.6 is 0 Å². The zero-order valence-corrected chi connectivity index (χ0v) is 15.2. The van der Waals surface area contributed by atoms with Gasteiger partial charge >= 0.3 is 0 Å². The molecule has 0 saturated heterocycles. The molecule has 0 aromatic rings. The van der Waals surface area contributed by atoms with Crippen molar-refractivity contribution in [2.45, 2.75) is 104 Å². The maximum Gasteiger partial charge on any atom is 0.156 e. The number of rotatable bonds is 18.